The number of nitrogens with zero attached hydrogens (tertiary/aromatic N) is 1. The van der Waals surface area contributed by atoms with Crippen LogP contribution in [0.15, 0.2) is 12.1 Å². The number of carboxylic acids is 1. The fraction of sp³-hybridized carbons (Fsp3) is 0.579. The number of hydrogen-bond acceptors (Lipinski definition) is 4. The van der Waals surface area contributed by atoms with Gasteiger partial charge in [0.05, 0.1) is 13.0 Å². The SMILES string of the molecule is CCOc1cc2c(cc1C1CC1NC(=O)N(C)CCC(=O)O)OC(C)C2. The van der Waals surface area contributed by atoms with Crippen molar-refractivity contribution in [2.45, 2.75) is 51.2 Å². The largest absolute Gasteiger partial charge is 0.494 e. The van der Waals surface area contributed by atoms with Crippen molar-refractivity contribution in [1.29, 1.82) is 0 Å². The van der Waals surface area contributed by atoms with Crippen molar-refractivity contribution < 1.29 is 24.2 Å². The second kappa shape index (κ2) is 7.43. The third-order valence-corrected chi connectivity index (χ3v) is 4.83. The zero-order chi connectivity index (χ0) is 18.8. The van der Waals surface area contributed by atoms with Gasteiger partial charge in [0.15, 0.2) is 0 Å². The number of carbonyl (C=O) groups is 2. The standard InChI is InChI=1S/C19H26N2O5/c1-4-25-17-8-12-7-11(2)26-16(12)10-14(17)13-9-15(13)20-19(24)21(3)6-5-18(22)23/h8,10-11,13,15H,4-7,9H2,1-3H3,(H,20,24)(H,22,23). The first-order valence-corrected chi connectivity index (χ1v) is 9.08. The van der Waals surface area contributed by atoms with Gasteiger partial charge in [0.25, 0.3) is 0 Å². The van der Waals surface area contributed by atoms with Crippen LogP contribution in [0.5, 0.6) is 11.5 Å². The molecule has 7 heteroatoms. The molecule has 0 saturated heterocycles. The summed E-state index contributed by atoms with van der Waals surface area (Å²) >= 11 is 0. The second-order valence-electron chi connectivity index (χ2n) is 7.03. The molecule has 1 aliphatic heterocycles. The average Bonchev–Trinajstić information content (AvgIpc) is 3.23. The molecular weight excluding hydrogens is 336 g/mol. The van der Waals surface area contributed by atoms with Crippen molar-refractivity contribution in [2.24, 2.45) is 0 Å². The Hall–Kier alpha value is -2.44. The van der Waals surface area contributed by atoms with Gasteiger partial charge in [0, 0.05) is 43.1 Å². The summed E-state index contributed by atoms with van der Waals surface area (Å²) in [5.74, 6) is 1.05. The summed E-state index contributed by atoms with van der Waals surface area (Å²) in [6.07, 6.45) is 1.83. The lowest BCUT2D eigenvalue weighted by Crippen LogP contribution is -2.39. The number of carbonyl (C=O) groups excluding carboxylic acids is 1. The summed E-state index contributed by atoms with van der Waals surface area (Å²) in [5, 5.41) is 11.7. The lowest BCUT2D eigenvalue weighted by atomic mass is 10.0. The lowest BCUT2D eigenvalue weighted by Gasteiger charge is -2.17. The third kappa shape index (κ3) is 4.03. The van der Waals surface area contributed by atoms with E-state index in [1.165, 1.54) is 10.5 Å². The maximum Gasteiger partial charge on any atom is 0.317 e. The zero-order valence-corrected chi connectivity index (χ0v) is 15.4. The van der Waals surface area contributed by atoms with E-state index in [1.807, 2.05) is 13.8 Å². The van der Waals surface area contributed by atoms with Gasteiger partial charge in [-0.25, -0.2) is 4.79 Å². The molecule has 2 N–H and O–H groups in total. The number of urea groups is 1. The molecule has 1 aliphatic carbocycles. The number of aliphatic carboxylic acids is 1. The molecule has 1 aromatic rings. The number of amides is 2. The smallest absolute Gasteiger partial charge is 0.317 e. The first-order chi connectivity index (χ1) is 12.4. The van der Waals surface area contributed by atoms with E-state index >= 15 is 0 Å². The van der Waals surface area contributed by atoms with E-state index in [0.29, 0.717) is 6.61 Å². The first-order valence-electron chi connectivity index (χ1n) is 9.08. The van der Waals surface area contributed by atoms with Gasteiger partial charge >= 0.3 is 12.0 Å². The van der Waals surface area contributed by atoms with Gasteiger partial charge in [0.1, 0.15) is 17.6 Å². The van der Waals surface area contributed by atoms with E-state index in [2.05, 4.69) is 17.4 Å². The van der Waals surface area contributed by atoms with E-state index in [9.17, 15) is 9.59 Å². The van der Waals surface area contributed by atoms with E-state index < -0.39 is 5.97 Å². The maximum atomic E-state index is 12.2. The van der Waals surface area contributed by atoms with E-state index in [4.69, 9.17) is 14.6 Å². The molecule has 0 bridgehead atoms. The molecule has 2 amide bonds. The lowest BCUT2D eigenvalue weighted by molar-refractivity contribution is -0.137. The quantitative estimate of drug-likeness (QED) is 0.777. The van der Waals surface area contributed by atoms with Crippen LogP contribution in [0.3, 0.4) is 0 Å². The van der Waals surface area contributed by atoms with Crippen molar-refractivity contribution in [2.75, 3.05) is 20.2 Å². The molecule has 1 heterocycles. The molecule has 1 fully saturated rings. The zero-order valence-electron chi connectivity index (χ0n) is 15.4. The molecule has 0 aromatic heterocycles. The Kier molecular flexibility index (Phi) is 5.25. The van der Waals surface area contributed by atoms with Gasteiger partial charge in [-0.05, 0) is 32.4 Å². The predicted molar refractivity (Wildman–Crippen MR) is 96.0 cm³/mol. The molecule has 26 heavy (non-hydrogen) atoms. The fourth-order valence-corrected chi connectivity index (χ4v) is 3.36. The molecule has 3 unspecified atom stereocenters. The van der Waals surface area contributed by atoms with Crippen molar-refractivity contribution in [3.8, 4) is 11.5 Å². The molecule has 3 atom stereocenters. The van der Waals surface area contributed by atoms with Crippen molar-refractivity contribution in [3.63, 3.8) is 0 Å². The summed E-state index contributed by atoms with van der Waals surface area (Å²) in [7, 11) is 1.60. The summed E-state index contributed by atoms with van der Waals surface area (Å²) in [5.41, 5.74) is 2.23. The van der Waals surface area contributed by atoms with Crippen LogP contribution in [-0.4, -0.2) is 54.4 Å². The fourth-order valence-electron chi connectivity index (χ4n) is 3.36. The molecule has 3 rings (SSSR count). The van der Waals surface area contributed by atoms with Gasteiger partial charge in [-0.2, -0.15) is 0 Å². The molecule has 0 spiro atoms. The number of rotatable bonds is 7. The first kappa shape index (κ1) is 18.4. The number of fused-ring (bicyclic) bond motifs is 1. The van der Waals surface area contributed by atoms with Gasteiger partial charge in [-0.1, -0.05) is 0 Å². The minimum atomic E-state index is -0.914. The monoisotopic (exact) mass is 362 g/mol. The third-order valence-electron chi connectivity index (χ3n) is 4.83. The van der Waals surface area contributed by atoms with Gasteiger partial charge in [-0.3, -0.25) is 4.79 Å². The Morgan fingerprint density at radius 2 is 2.19 bits per heavy atom. The van der Waals surface area contributed by atoms with Crippen molar-refractivity contribution in [1.82, 2.24) is 10.2 Å². The number of nitrogens with one attached hydrogen (secondary N) is 1. The highest BCUT2D eigenvalue weighted by atomic mass is 16.5. The molecule has 142 valence electrons. The highest BCUT2D eigenvalue weighted by molar-refractivity contribution is 5.76. The Bertz CT molecular complexity index is 705. The maximum absolute atomic E-state index is 12.2. The normalized spacial score (nSPS) is 23.0. The highest BCUT2D eigenvalue weighted by Crippen LogP contribution is 2.48. The topological polar surface area (TPSA) is 88.1 Å². The second-order valence-corrected chi connectivity index (χ2v) is 7.03. The van der Waals surface area contributed by atoms with Gasteiger partial charge in [-0.15, -0.1) is 0 Å². The Morgan fingerprint density at radius 1 is 1.42 bits per heavy atom. The van der Waals surface area contributed by atoms with Crippen LogP contribution in [0, 0.1) is 0 Å². The van der Waals surface area contributed by atoms with E-state index in [-0.39, 0.29) is 37.1 Å². The number of ether oxygens (including phenoxy) is 2. The van der Waals surface area contributed by atoms with Gasteiger partial charge in [0.2, 0.25) is 0 Å². The summed E-state index contributed by atoms with van der Waals surface area (Å²) in [4.78, 5) is 24.2. The summed E-state index contributed by atoms with van der Waals surface area (Å²) < 4.78 is 11.7. The Balaban J connectivity index is 1.65. The molecule has 7 nitrogen and oxygen atoms in total. The van der Waals surface area contributed by atoms with Crippen LogP contribution in [0.2, 0.25) is 0 Å². The minimum absolute atomic E-state index is 0.0332. The molecule has 0 radical (unpaired) electrons. The van der Waals surface area contributed by atoms with E-state index in [1.54, 1.807) is 7.05 Å². The summed E-state index contributed by atoms with van der Waals surface area (Å²) in [6.45, 7) is 4.78. The van der Waals surface area contributed by atoms with Crippen LogP contribution >= 0.6 is 0 Å². The van der Waals surface area contributed by atoms with Crippen LogP contribution < -0.4 is 14.8 Å². The van der Waals surface area contributed by atoms with Gasteiger partial charge < -0.3 is 24.8 Å². The number of benzene rings is 1. The Morgan fingerprint density at radius 3 is 2.88 bits per heavy atom. The molecular formula is C19H26N2O5. The van der Waals surface area contributed by atoms with Crippen LogP contribution in [0.1, 0.15) is 43.7 Å². The molecule has 2 aliphatic rings. The van der Waals surface area contributed by atoms with Crippen LogP contribution in [-0.2, 0) is 11.2 Å². The van der Waals surface area contributed by atoms with Crippen molar-refractivity contribution in [3.05, 3.63) is 23.3 Å². The van der Waals surface area contributed by atoms with Crippen LogP contribution in [0.4, 0.5) is 4.79 Å². The average molecular weight is 362 g/mol. The Labute approximate surface area is 153 Å². The molecule has 1 aromatic carbocycles. The van der Waals surface area contributed by atoms with E-state index in [0.717, 1.165) is 29.9 Å². The minimum Gasteiger partial charge on any atom is -0.494 e. The highest BCUT2D eigenvalue weighted by Gasteiger charge is 2.42. The van der Waals surface area contributed by atoms with Crippen LogP contribution in [0.25, 0.3) is 0 Å². The predicted octanol–water partition coefficient (Wildman–Crippen LogP) is 2.38. The molecule has 1 saturated carbocycles. The number of carboxylic acid groups (broad SMARTS) is 1. The summed E-state index contributed by atoms with van der Waals surface area (Å²) in [6, 6.07) is 3.90. The number of hydrogen-bond donors (Lipinski definition) is 2. The van der Waals surface area contributed by atoms with Crippen molar-refractivity contribution >= 4 is 12.0 Å².